The quantitative estimate of drug-likeness (QED) is 0.647. The molecule has 0 aromatic carbocycles. The minimum Gasteiger partial charge on any atom is -0.480 e. The van der Waals surface area contributed by atoms with Crippen molar-refractivity contribution in [2.45, 2.75) is 0 Å². The molecule has 0 spiro atoms. The van der Waals surface area contributed by atoms with Gasteiger partial charge in [-0.3, -0.25) is 0 Å². The van der Waals surface area contributed by atoms with E-state index < -0.39 is 12.4 Å². The Hall–Kier alpha value is 0.921. The third kappa shape index (κ3) is 3.82. The van der Waals surface area contributed by atoms with Crippen LogP contribution in [-0.4, -0.2) is 19.1 Å². The summed E-state index contributed by atoms with van der Waals surface area (Å²) in [5.41, 5.74) is -0.743. The Kier molecular flexibility index (Phi) is 6.24. The maximum atomic E-state index is 12.2. The summed E-state index contributed by atoms with van der Waals surface area (Å²) in [4.78, 5) is 3.49. The summed E-state index contributed by atoms with van der Waals surface area (Å²) in [6.45, 7) is -4.99. The number of ether oxygens (including phenoxy) is 1. The molecule has 1 heterocycles. The van der Waals surface area contributed by atoms with Gasteiger partial charge in [-0.25, -0.2) is 4.98 Å². The summed E-state index contributed by atoms with van der Waals surface area (Å²) in [5, 5.41) is 0. The molecule has 0 aliphatic rings. The van der Waals surface area contributed by atoms with Gasteiger partial charge in [0.15, 0.2) is 0 Å². The number of halogens is 4. The van der Waals surface area contributed by atoms with Crippen LogP contribution in [0.25, 0.3) is 0 Å². The van der Waals surface area contributed by atoms with Crippen molar-refractivity contribution in [2.75, 3.05) is 7.11 Å². The monoisotopic (exact) mass is 293 g/mol. The molecule has 14 heavy (non-hydrogen) atoms. The van der Waals surface area contributed by atoms with Crippen molar-refractivity contribution in [3.8, 4) is 5.88 Å². The van der Waals surface area contributed by atoms with Crippen molar-refractivity contribution < 1.29 is 69.1 Å². The molecule has 2 nitrogen and oxygen atoms in total. The number of hydrogen-bond acceptors (Lipinski definition) is 2. The molecule has 0 aliphatic heterocycles. The van der Waals surface area contributed by atoms with Crippen molar-refractivity contribution >= 4 is 28.4 Å². The van der Waals surface area contributed by atoms with E-state index in [4.69, 9.17) is 4.74 Å². The molecule has 0 saturated heterocycles. The van der Waals surface area contributed by atoms with E-state index in [1.807, 2.05) is 0 Å². The number of pyridine rings is 1. The van der Waals surface area contributed by atoms with Gasteiger partial charge in [-0.05, 0) is 15.9 Å². The summed E-state index contributed by atoms with van der Waals surface area (Å²) in [6, 6.07) is 0.950. The van der Waals surface area contributed by atoms with Crippen LogP contribution in [0.1, 0.15) is 0 Å². The third-order valence-electron chi connectivity index (χ3n) is 1.40. The van der Waals surface area contributed by atoms with E-state index in [2.05, 4.69) is 20.9 Å². The number of hydrogen-bond donors (Lipinski definition) is 0. The Morgan fingerprint density at radius 2 is 2.00 bits per heavy atom. The van der Waals surface area contributed by atoms with Crippen molar-refractivity contribution in [1.82, 2.24) is 4.98 Å². The minimum absolute atomic E-state index is 0. The van der Waals surface area contributed by atoms with Gasteiger partial charge in [0.1, 0.15) is 0 Å². The van der Waals surface area contributed by atoms with Gasteiger partial charge >= 0.3 is 58.4 Å². The minimum atomic E-state index is -4.99. The molecule has 0 unspecified atom stereocenters. The first-order valence-corrected chi connectivity index (χ1v) is 4.14. The van der Waals surface area contributed by atoms with Crippen LogP contribution in [-0.2, 0) is 0 Å². The average molecular weight is 294 g/mol. The summed E-state index contributed by atoms with van der Waals surface area (Å²) in [6.07, 6.45) is 0.754. The van der Waals surface area contributed by atoms with Gasteiger partial charge in [0.05, 0.1) is 11.6 Å². The Balaban J connectivity index is 0.00000169. The second-order valence-corrected chi connectivity index (χ2v) is 3.19. The van der Waals surface area contributed by atoms with Gasteiger partial charge in [-0.2, -0.15) is 0 Å². The van der Waals surface area contributed by atoms with E-state index in [9.17, 15) is 12.9 Å². The molecule has 0 atom stereocenters. The number of nitrogens with zero attached hydrogens (tertiary/aromatic N) is 1. The van der Waals surface area contributed by atoms with Crippen LogP contribution in [0.5, 0.6) is 5.88 Å². The molecular weight excluding hydrogens is 289 g/mol. The molecule has 1 aromatic heterocycles. The summed E-state index contributed by atoms with van der Waals surface area (Å²) < 4.78 is 41.4. The summed E-state index contributed by atoms with van der Waals surface area (Å²) in [5.74, 6) is 0.142. The second kappa shape index (κ2) is 5.86. The molecule has 0 saturated carbocycles. The molecule has 0 amide bonds. The van der Waals surface area contributed by atoms with Gasteiger partial charge in [0.25, 0.3) is 0 Å². The largest absolute Gasteiger partial charge is 1.00 e. The summed E-state index contributed by atoms with van der Waals surface area (Å²) in [7, 11) is 1.34. The molecular formula is C6H5BBrF3KNO. The normalized spacial score (nSPS) is 10.6. The SMILES string of the molecule is COc1ncc([B-](F)(F)F)cc1Br.[K+]. The zero-order valence-corrected chi connectivity index (χ0v) is 12.3. The first kappa shape index (κ1) is 14.9. The van der Waals surface area contributed by atoms with E-state index in [-0.39, 0.29) is 61.7 Å². The van der Waals surface area contributed by atoms with Crippen LogP contribution in [0.4, 0.5) is 12.9 Å². The van der Waals surface area contributed by atoms with Gasteiger partial charge in [0.2, 0.25) is 5.88 Å². The predicted octanol–water partition coefficient (Wildman–Crippen LogP) is -1.09. The van der Waals surface area contributed by atoms with Crippen molar-refractivity contribution in [3.05, 3.63) is 16.7 Å². The Morgan fingerprint density at radius 3 is 2.36 bits per heavy atom. The molecule has 0 N–H and O–H groups in total. The molecule has 1 rings (SSSR count). The summed E-state index contributed by atoms with van der Waals surface area (Å²) >= 11 is 2.92. The van der Waals surface area contributed by atoms with E-state index in [0.29, 0.717) is 0 Å². The van der Waals surface area contributed by atoms with Gasteiger partial charge < -0.3 is 17.7 Å². The fourth-order valence-electron chi connectivity index (χ4n) is 0.769. The topological polar surface area (TPSA) is 22.1 Å². The van der Waals surface area contributed by atoms with E-state index in [0.717, 1.165) is 12.3 Å². The third-order valence-corrected chi connectivity index (χ3v) is 1.97. The molecule has 0 fully saturated rings. The first-order valence-electron chi connectivity index (χ1n) is 3.34. The molecule has 0 radical (unpaired) electrons. The second-order valence-electron chi connectivity index (χ2n) is 2.33. The Labute approximate surface area is 130 Å². The maximum Gasteiger partial charge on any atom is 1.00 e. The molecule has 0 aliphatic carbocycles. The molecule has 1 aromatic rings. The average Bonchev–Trinajstić information content (AvgIpc) is 2.02. The fourth-order valence-corrected chi connectivity index (χ4v) is 1.30. The van der Waals surface area contributed by atoms with Crippen molar-refractivity contribution in [3.63, 3.8) is 0 Å². The van der Waals surface area contributed by atoms with Gasteiger partial charge in [0, 0.05) is 6.20 Å². The van der Waals surface area contributed by atoms with E-state index >= 15 is 0 Å². The number of methoxy groups -OCH3 is 1. The Morgan fingerprint density at radius 1 is 1.43 bits per heavy atom. The molecule has 8 heteroatoms. The van der Waals surface area contributed by atoms with Gasteiger partial charge in [-0.15, -0.1) is 0 Å². The maximum absolute atomic E-state index is 12.2. The molecule has 72 valence electrons. The van der Waals surface area contributed by atoms with E-state index in [1.165, 1.54) is 7.11 Å². The van der Waals surface area contributed by atoms with Crippen molar-refractivity contribution in [2.24, 2.45) is 0 Å². The van der Waals surface area contributed by atoms with Crippen LogP contribution < -0.4 is 61.6 Å². The van der Waals surface area contributed by atoms with Gasteiger partial charge in [-0.1, -0.05) is 11.5 Å². The number of aromatic nitrogens is 1. The Bertz CT molecular complexity index is 322. The number of rotatable bonds is 2. The predicted molar refractivity (Wildman–Crippen MR) is 47.2 cm³/mol. The fraction of sp³-hybridized carbons (Fsp3) is 0.167. The van der Waals surface area contributed by atoms with E-state index in [1.54, 1.807) is 0 Å². The zero-order valence-electron chi connectivity index (χ0n) is 7.60. The van der Waals surface area contributed by atoms with Crippen LogP contribution in [0.15, 0.2) is 16.7 Å². The van der Waals surface area contributed by atoms with Crippen LogP contribution >= 0.6 is 15.9 Å². The first-order chi connectivity index (χ1) is 5.95. The molecule has 0 bridgehead atoms. The zero-order chi connectivity index (χ0) is 10.1. The van der Waals surface area contributed by atoms with Crippen LogP contribution in [0.2, 0.25) is 0 Å². The van der Waals surface area contributed by atoms with Crippen LogP contribution in [0.3, 0.4) is 0 Å². The smallest absolute Gasteiger partial charge is 0.480 e. The van der Waals surface area contributed by atoms with Crippen LogP contribution in [0, 0.1) is 0 Å². The standard InChI is InChI=1S/C6H5BBrF3NO.K/c1-13-6-5(8)2-4(3-12-6)7(9,10)11;/h2-3H,1H3;/q-1;+1. The van der Waals surface area contributed by atoms with Crippen molar-refractivity contribution in [1.29, 1.82) is 0 Å².